The van der Waals surface area contributed by atoms with Crippen molar-refractivity contribution in [3.8, 4) is 0 Å². The lowest BCUT2D eigenvalue weighted by molar-refractivity contribution is 0.117. The van der Waals surface area contributed by atoms with Crippen molar-refractivity contribution < 1.29 is 4.74 Å². The Kier molecular flexibility index (Phi) is 4.66. The molecular formula is C14H20ClN3O. The first kappa shape index (κ1) is 14.2. The average Bonchev–Trinajstić information content (AvgIpc) is 2.66. The van der Waals surface area contributed by atoms with Gasteiger partial charge in [-0.15, -0.1) is 0 Å². The minimum absolute atomic E-state index is 0.482. The zero-order valence-electron chi connectivity index (χ0n) is 11.4. The van der Waals surface area contributed by atoms with Gasteiger partial charge in [0.1, 0.15) is 0 Å². The van der Waals surface area contributed by atoms with Crippen molar-refractivity contribution in [1.29, 1.82) is 0 Å². The van der Waals surface area contributed by atoms with Gasteiger partial charge in [-0.3, -0.25) is 0 Å². The largest absolute Gasteiger partial charge is 0.380 e. The van der Waals surface area contributed by atoms with Gasteiger partial charge in [0, 0.05) is 13.2 Å². The number of aromatic nitrogens is 2. The minimum Gasteiger partial charge on any atom is -0.380 e. The van der Waals surface area contributed by atoms with E-state index in [1.165, 1.54) is 0 Å². The van der Waals surface area contributed by atoms with Crippen molar-refractivity contribution in [2.45, 2.75) is 26.8 Å². The van der Waals surface area contributed by atoms with Gasteiger partial charge in [0.15, 0.2) is 0 Å². The molecule has 0 fully saturated rings. The summed E-state index contributed by atoms with van der Waals surface area (Å²) in [6.45, 7) is 6.44. The third-order valence-corrected chi connectivity index (χ3v) is 3.35. The maximum Gasteiger partial charge on any atom is 0.201 e. The van der Waals surface area contributed by atoms with Gasteiger partial charge in [-0.05, 0) is 24.5 Å². The number of rotatable bonds is 6. The summed E-state index contributed by atoms with van der Waals surface area (Å²) in [5.74, 6) is 1.14. The van der Waals surface area contributed by atoms with Crippen molar-refractivity contribution in [3.63, 3.8) is 0 Å². The Morgan fingerprint density at radius 1 is 1.37 bits per heavy atom. The van der Waals surface area contributed by atoms with Gasteiger partial charge in [0.05, 0.1) is 22.7 Å². The number of imidazole rings is 1. The normalized spacial score (nSPS) is 11.6. The van der Waals surface area contributed by atoms with Gasteiger partial charge in [-0.25, -0.2) is 4.98 Å². The lowest BCUT2D eigenvalue weighted by Gasteiger charge is -2.09. The highest BCUT2D eigenvalue weighted by Gasteiger charge is 2.10. The zero-order chi connectivity index (χ0) is 13.8. The van der Waals surface area contributed by atoms with E-state index in [9.17, 15) is 0 Å². The average molecular weight is 282 g/mol. The highest BCUT2D eigenvalue weighted by atomic mass is 35.5. The fourth-order valence-electron chi connectivity index (χ4n) is 1.96. The molecule has 1 heterocycles. The molecule has 19 heavy (non-hydrogen) atoms. The smallest absolute Gasteiger partial charge is 0.201 e. The number of hydrogen-bond donors (Lipinski definition) is 1. The first-order valence-corrected chi connectivity index (χ1v) is 6.95. The van der Waals surface area contributed by atoms with Gasteiger partial charge in [-0.1, -0.05) is 31.5 Å². The second kappa shape index (κ2) is 6.26. The molecule has 0 saturated carbocycles. The van der Waals surface area contributed by atoms with Crippen LogP contribution in [0.2, 0.25) is 5.02 Å². The van der Waals surface area contributed by atoms with Crippen LogP contribution in [0.4, 0.5) is 5.95 Å². The molecule has 0 aliphatic carbocycles. The van der Waals surface area contributed by atoms with Crippen LogP contribution in [-0.4, -0.2) is 22.8 Å². The summed E-state index contributed by atoms with van der Waals surface area (Å²) in [7, 11) is 0. The molecule has 0 aliphatic heterocycles. The number of nitrogens with two attached hydrogens (primary N) is 1. The van der Waals surface area contributed by atoms with E-state index < -0.39 is 0 Å². The summed E-state index contributed by atoms with van der Waals surface area (Å²) < 4.78 is 7.52. The standard InChI is InChI=1S/C14H20ClN3O/c1-10(2)6-8-19-9-7-18-13-11(15)4-3-5-12(13)17-14(18)16/h3-5,10H,6-9H2,1-2H3,(H2,16,17). The summed E-state index contributed by atoms with van der Waals surface area (Å²) >= 11 is 6.20. The van der Waals surface area contributed by atoms with Crippen LogP contribution in [0.15, 0.2) is 18.2 Å². The molecule has 0 amide bonds. The van der Waals surface area contributed by atoms with Crippen LogP contribution in [0.3, 0.4) is 0 Å². The van der Waals surface area contributed by atoms with Crippen LogP contribution in [0.25, 0.3) is 11.0 Å². The van der Waals surface area contributed by atoms with Crippen LogP contribution >= 0.6 is 11.6 Å². The Balaban J connectivity index is 2.02. The molecule has 0 atom stereocenters. The summed E-state index contributed by atoms with van der Waals surface area (Å²) in [6, 6.07) is 5.63. The highest BCUT2D eigenvalue weighted by molar-refractivity contribution is 6.35. The molecule has 0 bridgehead atoms. The van der Waals surface area contributed by atoms with E-state index in [1.54, 1.807) is 0 Å². The van der Waals surface area contributed by atoms with Gasteiger partial charge < -0.3 is 15.0 Å². The molecule has 2 rings (SSSR count). The van der Waals surface area contributed by atoms with Crippen molar-refractivity contribution in [3.05, 3.63) is 23.2 Å². The molecule has 0 unspecified atom stereocenters. The van der Waals surface area contributed by atoms with E-state index in [2.05, 4.69) is 18.8 Å². The lowest BCUT2D eigenvalue weighted by atomic mass is 10.1. The Morgan fingerprint density at radius 3 is 2.89 bits per heavy atom. The number of halogens is 1. The summed E-state index contributed by atoms with van der Waals surface area (Å²) in [6.07, 6.45) is 1.07. The van der Waals surface area contributed by atoms with E-state index in [-0.39, 0.29) is 0 Å². The maximum absolute atomic E-state index is 6.20. The van der Waals surface area contributed by atoms with E-state index in [0.29, 0.717) is 30.0 Å². The van der Waals surface area contributed by atoms with E-state index in [1.807, 2.05) is 22.8 Å². The second-order valence-electron chi connectivity index (χ2n) is 5.02. The molecule has 1 aromatic heterocycles. The first-order valence-electron chi connectivity index (χ1n) is 6.57. The van der Waals surface area contributed by atoms with Crippen molar-refractivity contribution in [2.75, 3.05) is 18.9 Å². The van der Waals surface area contributed by atoms with E-state index in [4.69, 9.17) is 22.1 Å². The van der Waals surface area contributed by atoms with Crippen molar-refractivity contribution in [2.24, 2.45) is 5.92 Å². The minimum atomic E-state index is 0.482. The molecule has 2 aromatic rings. The number of anilines is 1. The lowest BCUT2D eigenvalue weighted by Crippen LogP contribution is -2.10. The molecule has 1 aromatic carbocycles. The van der Waals surface area contributed by atoms with Gasteiger partial charge in [0.2, 0.25) is 5.95 Å². The number of hydrogen-bond acceptors (Lipinski definition) is 3. The Hall–Kier alpha value is -1.26. The van der Waals surface area contributed by atoms with E-state index in [0.717, 1.165) is 24.1 Å². The van der Waals surface area contributed by atoms with Crippen LogP contribution in [0.1, 0.15) is 20.3 Å². The van der Waals surface area contributed by atoms with E-state index >= 15 is 0 Å². The fraction of sp³-hybridized carbons (Fsp3) is 0.500. The zero-order valence-corrected chi connectivity index (χ0v) is 12.2. The van der Waals surface area contributed by atoms with Gasteiger partial charge in [0.25, 0.3) is 0 Å². The molecule has 0 saturated heterocycles. The molecule has 0 radical (unpaired) electrons. The number of benzene rings is 1. The number of para-hydroxylation sites is 1. The number of ether oxygens (including phenoxy) is 1. The summed E-state index contributed by atoms with van der Waals surface area (Å²) in [4.78, 5) is 4.30. The molecule has 4 nitrogen and oxygen atoms in total. The Labute approximate surface area is 118 Å². The Morgan fingerprint density at radius 2 is 2.16 bits per heavy atom. The topological polar surface area (TPSA) is 53.1 Å². The number of nitrogen functional groups attached to an aromatic ring is 1. The molecule has 5 heteroatoms. The van der Waals surface area contributed by atoms with Gasteiger partial charge in [-0.2, -0.15) is 0 Å². The first-order chi connectivity index (χ1) is 9.09. The summed E-state index contributed by atoms with van der Waals surface area (Å²) in [5, 5.41) is 0.670. The maximum atomic E-state index is 6.20. The van der Waals surface area contributed by atoms with Gasteiger partial charge >= 0.3 is 0 Å². The Bertz CT molecular complexity index is 551. The van der Waals surface area contributed by atoms with Crippen LogP contribution < -0.4 is 5.73 Å². The van der Waals surface area contributed by atoms with Crippen molar-refractivity contribution in [1.82, 2.24) is 9.55 Å². The third kappa shape index (κ3) is 3.39. The SMILES string of the molecule is CC(C)CCOCCn1c(N)nc2cccc(Cl)c21. The summed E-state index contributed by atoms with van der Waals surface area (Å²) in [5.41, 5.74) is 7.63. The molecule has 0 aliphatic rings. The quantitative estimate of drug-likeness (QED) is 0.826. The molecule has 0 spiro atoms. The second-order valence-corrected chi connectivity index (χ2v) is 5.43. The predicted molar refractivity (Wildman–Crippen MR) is 79.4 cm³/mol. The predicted octanol–water partition coefficient (Wildman–Crippen LogP) is 3.33. The van der Waals surface area contributed by atoms with Crippen LogP contribution in [-0.2, 0) is 11.3 Å². The fourth-order valence-corrected chi connectivity index (χ4v) is 2.23. The van der Waals surface area contributed by atoms with Crippen LogP contribution in [0.5, 0.6) is 0 Å². The molecular weight excluding hydrogens is 262 g/mol. The number of fused-ring (bicyclic) bond motifs is 1. The highest BCUT2D eigenvalue weighted by Crippen LogP contribution is 2.25. The van der Waals surface area contributed by atoms with Crippen molar-refractivity contribution >= 4 is 28.6 Å². The number of nitrogens with zero attached hydrogens (tertiary/aromatic N) is 2. The van der Waals surface area contributed by atoms with Crippen LogP contribution in [0, 0.1) is 5.92 Å². The monoisotopic (exact) mass is 281 g/mol. The molecule has 2 N–H and O–H groups in total. The third-order valence-electron chi connectivity index (χ3n) is 3.05. The molecule has 104 valence electrons.